The number of aromatic nitrogens is 1. The summed E-state index contributed by atoms with van der Waals surface area (Å²) in [6, 6.07) is 4.23. The lowest BCUT2D eigenvalue weighted by molar-refractivity contribution is 0.103. The van der Waals surface area contributed by atoms with Gasteiger partial charge < -0.3 is 5.73 Å². The maximum absolute atomic E-state index is 13.0. The third-order valence-electron chi connectivity index (χ3n) is 2.17. The molecule has 1 aromatic heterocycles. The van der Waals surface area contributed by atoms with Crippen LogP contribution in [0.25, 0.3) is 0 Å². The molecule has 1 aromatic carbocycles. The summed E-state index contributed by atoms with van der Waals surface area (Å²) in [5, 5.41) is 1.94. The van der Waals surface area contributed by atoms with Crippen molar-refractivity contribution in [2.75, 3.05) is 5.73 Å². The fourth-order valence-corrected chi connectivity index (χ4v) is 1.87. The minimum absolute atomic E-state index is 0.240. The maximum Gasteiger partial charge on any atom is 0.212 e. The van der Waals surface area contributed by atoms with E-state index in [1.165, 1.54) is 29.5 Å². The van der Waals surface area contributed by atoms with Gasteiger partial charge in [-0.2, -0.15) is 0 Å². The quantitative estimate of drug-likeness (QED) is 0.814. The predicted molar refractivity (Wildman–Crippen MR) is 61.1 cm³/mol. The van der Waals surface area contributed by atoms with E-state index in [-0.39, 0.29) is 11.6 Å². The van der Waals surface area contributed by atoms with Crippen LogP contribution in [0.2, 0.25) is 0 Å². The molecule has 0 aliphatic heterocycles. The van der Waals surface area contributed by atoms with Gasteiger partial charge in [-0.1, -0.05) is 0 Å². The standard InChI is InChI=1S/C11H9FN2OS/c1-6-4-7(2-3-8(6)12)10(15)9-5-16-11(13)14-9/h2-5H,1H3,(H2,13,14). The summed E-state index contributed by atoms with van der Waals surface area (Å²) < 4.78 is 13.0. The summed E-state index contributed by atoms with van der Waals surface area (Å²) >= 11 is 1.21. The molecule has 3 nitrogen and oxygen atoms in total. The van der Waals surface area contributed by atoms with Crippen molar-refractivity contribution in [2.24, 2.45) is 0 Å². The van der Waals surface area contributed by atoms with Gasteiger partial charge in [0.25, 0.3) is 0 Å². The third-order valence-corrected chi connectivity index (χ3v) is 2.85. The second kappa shape index (κ2) is 4.02. The van der Waals surface area contributed by atoms with E-state index >= 15 is 0 Å². The highest BCUT2D eigenvalue weighted by atomic mass is 32.1. The van der Waals surface area contributed by atoms with Crippen LogP contribution in [0.5, 0.6) is 0 Å². The van der Waals surface area contributed by atoms with Crippen molar-refractivity contribution in [1.29, 1.82) is 0 Å². The molecule has 0 atom stereocenters. The predicted octanol–water partition coefficient (Wildman–Crippen LogP) is 2.40. The number of nitrogen functional groups attached to an aromatic ring is 1. The summed E-state index contributed by atoms with van der Waals surface area (Å²) in [5.41, 5.74) is 6.60. The Bertz CT molecular complexity index is 551. The second-order valence-corrected chi connectivity index (χ2v) is 4.25. The van der Waals surface area contributed by atoms with Gasteiger partial charge in [0.05, 0.1) is 0 Å². The fourth-order valence-electron chi connectivity index (χ4n) is 1.33. The number of anilines is 1. The van der Waals surface area contributed by atoms with Gasteiger partial charge in [-0.15, -0.1) is 11.3 Å². The van der Waals surface area contributed by atoms with E-state index in [9.17, 15) is 9.18 Å². The van der Waals surface area contributed by atoms with Gasteiger partial charge in [-0.25, -0.2) is 9.37 Å². The Labute approximate surface area is 95.7 Å². The number of carbonyl (C=O) groups excluding carboxylic acids is 1. The lowest BCUT2D eigenvalue weighted by atomic mass is 10.1. The summed E-state index contributed by atoms with van der Waals surface area (Å²) in [6.07, 6.45) is 0. The van der Waals surface area contributed by atoms with Crippen LogP contribution in [0.4, 0.5) is 9.52 Å². The molecule has 1 heterocycles. The number of rotatable bonds is 2. The number of ketones is 1. The fraction of sp³-hybridized carbons (Fsp3) is 0.0909. The Kier molecular flexibility index (Phi) is 2.70. The molecule has 5 heteroatoms. The van der Waals surface area contributed by atoms with Gasteiger partial charge in [-0.05, 0) is 30.7 Å². The highest BCUT2D eigenvalue weighted by molar-refractivity contribution is 7.13. The van der Waals surface area contributed by atoms with Gasteiger partial charge in [0, 0.05) is 10.9 Å². The number of hydrogen-bond acceptors (Lipinski definition) is 4. The first-order chi connectivity index (χ1) is 7.58. The van der Waals surface area contributed by atoms with E-state index in [0.717, 1.165) is 0 Å². The molecule has 2 aromatic rings. The van der Waals surface area contributed by atoms with Crippen LogP contribution in [-0.4, -0.2) is 10.8 Å². The Hall–Kier alpha value is -1.75. The summed E-state index contributed by atoms with van der Waals surface area (Å²) in [5.74, 6) is -0.564. The van der Waals surface area contributed by atoms with E-state index in [1.54, 1.807) is 12.3 Å². The molecule has 0 radical (unpaired) electrons. The first-order valence-electron chi connectivity index (χ1n) is 4.60. The average Bonchev–Trinajstić information content (AvgIpc) is 2.68. The Morgan fingerprint density at radius 2 is 2.25 bits per heavy atom. The van der Waals surface area contributed by atoms with Crippen LogP contribution in [0, 0.1) is 12.7 Å². The first-order valence-corrected chi connectivity index (χ1v) is 5.48. The molecule has 0 unspecified atom stereocenters. The van der Waals surface area contributed by atoms with Crippen LogP contribution in [0.3, 0.4) is 0 Å². The lowest BCUT2D eigenvalue weighted by Gasteiger charge is -2.00. The van der Waals surface area contributed by atoms with E-state index in [2.05, 4.69) is 4.98 Å². The molecule has 0 saturated carbocycles. The van der Waals surface area contributed by atoms with Crippen molar-refractivity contribution < 1.29 is 9.18 Å². The molecule has 0 bridgehead atoms. The van der Waals surface area contributed by atoms with E-state index in [0.29, 0.717) is 22.0 Å². The number of halogens is 1. The molecule has 0 fully saturated rings. The van der Waals surface area contributed by atoms with Crippen LogP contribution < -0.4 is 5.73 Å². The number of hydrogen-bond donors (Lipinski definition) is 1. The van der Waals surface area contributed by atoms with Crippen molar-refractivity contribution in [2.45, 2.75) is 6.92 Å². The Balaban J connectivity index is 2.38. The number of thiazole rings is 1. The highest BCUT2D eigenvalue weighted by Gasteiger charge is 2.13. The molecular weight excluding hydrogens is 227 g/mol. The number of nitrogens with zero attached hydrogens (tertiary/aromatic N) is 1. The van der Waals surface area contributed by atoms with Gasteiger partial charge in [0.1, 0.15) is 11.5 Å². The Morgan fingerprint density at radius 3 is 2.81 bits per heavy atom. The minimum Gasteiger partial charge on any atom is -0.375 e. The SMILES string of the molecule is Cc1cc(C(=O)c2csc(N)n2)ccc1F. The molecule has 0 amide bonds. The summed E-state index contributed by atoms with van der Waals surface area (Å²) in [4.78, 5) is 15.8. The van der Waals surface area contributed by atoms with E-state index in [4.69, 9.17) is 5.73 Å². The summed E-state index contributed by atoms with van der Waals surface area (Å²) in [6.45, 7) is 1.61. The van der Waals surface area contributed by atoms with Gasteiger partial charge >= 0.3 is 0 Å². The highest BCUT2D eigenvalue weighted by Crippen LogP contribution is 2.17. The zero-order chi connectivity index (χ0) is 11.7. The first kappa shape index (κ1) is 10.8. The third kappa shape index (κ3) is 1.94. The van der Waals surface area contributed by atoms with Crippen LogP contribution in [0.15, 0.2) is 23.6 Å². The topological polar surface area (TPSA) is 56.0 Å². The van der Waals surface area contributed by atoms with Crippen molar-refractivity contribution >= 4 is 22.3 Å². The van der Waals surface area contributed by atoms with Crippen molar-refractivity contribution in [3.05, 3.63) is 46.2 Å². The molecule has 0 aliphatic rings. The van der Waals surface area contributed by atoms with E-state index in [1.807, 2.05) is 0 Å². The number of nitrogens with two attached hydrogens (primary N) is 1. The normalized spacial score (nSPS) is 10.4. The van der Waals surface area contributed by atoms with Crippen molar-refractivity contribution in [3.63, 3.8) is 0 Å². The van der Waals surface area contributed by atoms with E-state index < -0.39 is 0 Å². The molecule has 2 N–H and O–H groups in total. The van der Waals surface area contributed by atoms with Crippen molar-refractivity contribution in [3.8, 4) is 0 Å². The molecule has 0 spiro atoms. The number of benzene rings is 1. The van der Waals surface area contributed by atoms with Crippen LogP contribution in [0.1, 0.15) is 21.6 Å². The minimum atomic E-state index is -0.325. The van der Waals surface area contributed by atoms with Gasteiger partial charge in [0.2, 0.25) is 5.78 Å². The zero-order valence-corrected chi connectivity index (χ0v) is 9.34. The number of carbonyl (C=O) groups is 1. The van der Waals surface area contributed by atoms with Crippen molar-refractivity contribution in [1.82, 2.24) is 4.98 Å². The molecular formula is C11H9FN2OS. The van der Waals surface area contributed by atoms with Gasteiger partial charge in [0.15, 0.2) is 5.13 Å². The molecule has 2 rings (SSSR count). The summed E-state index contributed by atoms with van der Waals surface area (Å²) in [7, 11) is 0. The molecule has 0 aliphatic carbocycles. The Morgan fingerprint density at radius 1 is 1.50 bits per heavy atom. The molecule has 0 saturated heterocycles. The van der Waals surface area contributed by atoms with Crippen LogP contribution in [-0.2, 0) is 0 Å². The molecule has 82 valence electrons. The van der Waals surface area contributed by atoms with Gasteiger partial charge in [-0.3, -0.25) is 4.79 Å². The largest absolute Gasteiger partial charge is 0.375 e. The monoisotopic (exact) mass is 236 g/mol. The average molecular weight is 236 g/mol. The lowest BCUT2D eigenvalue weighted by Crippen LogP contribution is -2.03. The molecule has 16 heavy (non-hydrogen) atoms. The zero-order valence-electron chi connectivity index (χ0n) is 8.53. The number of aryl methyl sites for hydroxylation is 1. The smallest absolute Gasteiger partial charge is 0.212 e. The second-order valence-electron chi connectivity index (χ2n) is 3.36. The maximum atomic E-state index is 13.0. The van der Waals surface area contributed by atoms with Crippen LogP contribution >= 0.6 is 11.3 Å².